The summed E-state index contributed by atoms with van der Waals surface area (Å²) in [5.41, 5.74) is 8.92. The Kier molecular flexibility index (Phi) is 3.95. The van der Waals surface area contributed by atoms with Gasteiger partial charge in [0, 0.05) is 31.2 Å². The Balaban J connectivity index is 1.62. The fourth-order valence-electron chi connectivity index (χ4n) is 2.82. The first-order chi connectivity index (χ1) is 12.9. The number of aryl methyl sites for hydroxylation is 1. The van der Waals surface area contributed by atoms with Gasteiger partial charge in [-0.1, -0.05) is 29.4 Å². The maximum absolute atomic E-state index is 5.55. The summed E-state index contributed by atoms with van der Waals surface area (Å²) in [7, 11) is 1.85. The Morgan fingerprint density at radius 1 is 0.963 bits per heavy atom. The highest BCUT2D eigenvalue weighted by molar-refractivity contribution is 5.62. The lowest BCUT2D eigenvalue weighted by molar-refractivity contribution is 0.408. The molecule has 0 fully saturated rings. The van der Waals surface area contributed by atoms with Gasteiger partial charge in [-0.15, -0.1) is 0 Å². The summed E-state index contributed by atoms with van der Waals surface area (Å²) in [5.74, 6) is 1.34. The molecule has 0 aliphatic carbocycles. The predicted molar refractivity (Wildman–Crippen MR) is 101 cm³/mol. The van der Waals surface area contributed by atoms with Gasteiger partial charge >= 0.3 is 0 Å². The van der Waals surface area contributed by atoms with Crippen LogP contribution in [0.3, 0.4) is 0 Å². The Hall–Kier alpha value is -3.55. The zero-order chi connectivity index (χ0) is 19.0. The molecule has 0 bridgehead atoms. The molecule has 3 aromatic heterocycles. The van der Waals surface area contributed by atoms with E-state index in [1.54, 1.807) is 23.3 Å². The van der Waals surface area contributed by atoms with Crippen LogP contribution in [0.5, 0.6) is 0 Å². The van der Waals surface area contributed by atoms with Crippen molar-refractivity contribution in [1.29, 1.82) is 0 Å². The average molecular weight is 361 g/mol. The van der Waals surface area contributed by atoms with E-state index in [0.29, 0.717) is 11.7 Å². The van der Waals surface area contributed by atoms with Crippen LogP contribution in [-0.2, 0) is 12.5 Å². The average Bonchev–Trinajstić information content (AvgIpc) is 3.32. The van der Waals surface area contributed by atoms with E-state index in [4.69, 9.17) is 10.3 Å². The van der Waals surface area contributed by atoms with Crippen molar-refractivity contribution in [2.75, 3.05) is 5.73 Å². The minimum absolute atomic E-state index is 0.262. The fraction of sp³-hybridized carbons (Fsp3) is 0.211. The molecule has 0 radical (unpaired) electrons. The van der Waals surface area contributed by atoms with Crippen molar-refractivity contribution in [3.05, 3.63) is 60.4 Å². The van der Waals surface area contributed by atoms with E-state index in [0.717, 1.165) is 22.3 Å². The second-order valence-corrected chi connectivity index (χ2v) is 6.86. The number of benzene rings is 1. The van der Waals surface area contributed by atoms with Gasteiger partial charge < -0.3 is 10.3 Å². The van der Waals surface area contributed by atoms with Crippen molar-refractivity contribution in [3.8, 4) is 22.6 Å². The lowest BCUT2D eigenvalue weighted by Gasteiger charge is -2.21. The van der Waals surface area contributed by atoms with E-state index in [9.17, 15) is 0 Å². The molecule has 4 aromatic rings. The van der Waals surface area contributed by atoms with Crippen LogP contribution in [-0.4, -0.2) is 29.9 Å². The number of nitrogen functional groups attached to an aromatic ring is 1. The SMILES string of the molecule is Cn1cc(-c2nc(C(C)(C)c3ccc(-c4cnc(N)nc4)cc3)no2)cn1. The largest absolute Gasteiger partial charge is 0.368 e. The van der Waals surface area contributed by atoms with Crippen molar-refractivity contribution >= 4 is 5.95 Å². The number of nitrogens with zero attached hydrogens (tertiary/aromatic N) is 6. The molecule has 0 spiro atoms. The number of hydrogen-bond acceptors (Lipinski definition) is 7. The normalized spacial score (nSPS) is 11.7. The summed E-state index contributed by atoms with van der Waals surface area (Å²) < 4.78 is 7.13. The molecular formula is C19H19N7O. The lowest BCUT2D eigenvalue weighted by atomic mass is 9.83. The van der Waals surface area contributed by atoms with Gasteiger partial charge in [-0.2, -0.15) is 10.1 Å². The van der Waals surface area contributed by atoms with Gasteiger partial charge in [-0.25, -0.2) is 9.97 Å². The van der Waals surface area contributed by atoms with Crippen LogP contribution < -0.4 is 5.73 Å². The van der Waals surface area contributed by atoms with Crippen LogP contribution in [0.1, 0.15) is 25.2 Å². The minimum atomic E-state index is -0.417. The quantitative estimate of drug-likeness (QED) is 0.595. The van der Waals surface area contributed by atoms with Crippen LogP contribution in [0, 0.1) is 0 Å². The summed E-state index contributed by atoms with van der Waals surface area (Å²) in [6.07, 6.45) is 6.96. The standard InChI is InChI=1S/C19H19N7O/c1-19(2,17-24-16(27-25-17)14-10-23-26(3)11-14)15-6-4-12(5-7-15)13-8-21-18(20)22-9-13/h4-11H,1-3H3,(H2,20,21,22). The molecule has 27 heavy (non-hydrogen) atoms. The van der Waals surface area contributed by atoms with Crippen LogP contribution in [0.2, 0.25) is 0 Å². The molecule has 0 amide bonds. The van der Waals surface area contributed by atoms with Crippen LogP contribution in [0.4, 0.5) is 5.95 Å². The third kappa shape index (κ3) is 3.17. The first-order valence-corrected chi connectivity index (χ1v) is 8.45. The third-order valence-electron chi connectivity index (χ3n) is 4.55. The van der Waals surface area contributed by atoms with Gasteiger partial charge in [0.05, 0.1) is 17.2 Å². The second-order valence-electron chi connectivity index (χ2n) is 6.86. The molecule has 4 rings (SSSR count). The van der Waals surface area contributed by atoms with Crippen LogP contribution in [0.25, 0.3) is 22.6 Å². The van der Waals surface area contributed by atoms with Gasteiger partial charge in [0.25, 0.3) is 5.89 Å². The molecule has 0 saturated heterocycles. The Bertz CT molecular complexity index is 1060. The molecule has 0 saturated carbocycles. The zero-order valence-corrected chi connectivity index (χ0v) is 15.3. The zero-order valence-electron chi connectivity index (χ0n) is 15.3. The highest BCUT2D eigenvalue weighted by Crippen LogP contribution is 2.32. The van der Waals surface area contributed by atoms with E-state index >= 15 is 0 Å². The number of hydrogen-bond donors (Lipinski definition) is 1. The first-order valence-electron chi connectivity index (χ1n) is 8.45. The minimum Gasteiger partial charge on any atom is -0.368 e. The summed E-state index contributed by atoms with van der Waals surface area (Å²) >= 11 is 0. The van der Waals surface area contributed by atoms with E-state index in [2.05, 4.69) is 39.1 Å². The van der Waals surface area contributed by atoms with E-state index < -0.39 is 5.41 Å². The molecule has 0 aliphatic heterocycles. The van der Waals surface area contributed by atoms with Gasteiger partial charge in [-0.05, 0) is 25.0 Å². The van der Waals surface area contributed by atoms with E-state index in [1.807, 2.05) is 37.5 Å². The number of nitrogens with two attached hydrogens (primary N) is 1. The van der Waals surface area contributed by atoms with Crippen molar-refractivity contribution in [3.63, 3.8) is 0 Å². The molecule has 0 atom stereocenters. The van der Waals surface area contributed by atoms with Gasteiger partial charge in [-0.3, -0.25) is 4.68 Å². The molecule has 8 nitrogen and oxygen atoms in total. The van der Waals surface area contributed by atoms with Gasteiger partial charge in [0.15, 0.2) is 5.82 Å². The first kappa shape index (κ1) is 16.9. The van der Waals surface area contributed by atoms with Crippen molar-refractivity contribution < 1.29 is 4.52 Å². The maximum atomic E-state index is 5.55. The topological polar surface area (TPSA) is 109 Å². The van der Waals surface area contributed by atoms with Crippen molar-refractivity contribution in [2.45, 2.75) is 19.3 Å². The van der Waals surface area contributed by atoms with Gasteiger partial charge in [0.2, 0.25) is 5.95 Å². The number of anilines is 1. The highest BCUT2D eigenvalue weighted by atomic mass is 16.5. The predicted octanol–water partition coefficient (Wildman–Crippen LogP) is 2.84. The monoisotopic (exact) mass is 361 g/mol. The molecule has 1 aromatic carbocycles. The molecule has 0 aliphatic rings. The number of rotatable bonds is 4. The fourth-order valence-corrected chi connectivity index (χ4v) is 2.82. The Morgan fingerprint density at radius 3 is 2.30 bits per heavy atom. The van der Waals surface area contributed by atoms with Crippen LogP contribution >= 0.6 is 0 Å². The Labute approximate surface area is 156 Å². The molecule has 0 unspecified atom stereocenters. The smallest absolute Gasteiger partial charge is 0.261 e. The van der Waals surface area contributed by atoms with Crippen molar-refractivity contribution in [2.24, 2.45) is 7.05 Å². The van der Waals surface area contributed by atoms with Crippen LogP contribution in [0.15, 0.2) is 53.6 Å². The molecule has 136 valence electrons. The Morgan fingerprint density at radius 2 is 1.67 bits per heavy atom. The molecule has 8 heteroatoms. The summed E-state index contributed by atoms with van der Waals surface area (Å²) in [5, 5.41) is 8.32. The molecular weight excluding hydrogens is 342 g/mol. The summed E-state index contributed by atoms with van der Waals surface area (Å²) in [6.45, 7) is 4.12. The molecule has 2 N–H and O–H groups in total. The maximum Gasteiger partial charge on any atom is 0.261 e. The lowest BCUT2D eigenvalue weighted by Crippen LogP contribution is -2.20. The summed E-state index contributed by atoms with van der Waals surface area (Å²) in [6, 6.07) is 8.14. The van der Waals surface area contributed by atoms with E-state index in [-0.39, 0.29) is 5.95 Å². The van der Waals surface area contributed by atoms with Crippen molar-refractivity contribution in [1.82, 2.24) is 29.9 Å². The number of aromatic nitrogens is 6. The molecule has 3 heterocycles. The van der Waals surface area contributed by atoms with E-state index in [1.165, 1.54) is 0 Å². The summed E-state index contributed by atoms with van der Waals surface area (Å²) in [4.78, 5) is 12.6. The second kappa shape index (κ2) is 6.31. The van der Waals surface area contributed by atoms with Gasteiger partial charge in [0.1, 0.15) is 0 Å². The highest BCUT2D eigenvalue weighted by Gasteiger charge is 2.29. The third-order valence-corrected chi connectivity index (χ3v) is 4.55.